The van der Waals surface area contributed by atoms with Crippen molar-refractivity contribution in [3.05, 3.63) is 0 Å². The van der Waals surface area contributed by atoms with E-state index in [1.54, 1.807) is 0 Å². The van der Waals surface area contributed by atoms with Gasteiger partial charge in [0.05, 0.1) is 0 Å². The van der Waals surface area contributed by atoms with Crippen LogP contribution in [0.25, 0.3) is 0 Å². The van der Waals surface area contributed by atoms with Gasteiger partial charge in [-0.05, 0) is 64.2 Å². The average Bonchev–Trinajstić information content (AvgIpc) is 2.84. The van der Waals surface area contributed by atoms with Crippen LogP contribution in [-0.2, 0) is 9.53 Å². The Morgan fingerprint density at radius 1 is 1.36 bits per heavy atom. The summed E-state index contributed by atoms with van der Waals surface area (Å²) in [6, 6.07) is -0.0467. The third-order valence-electron chi connectivity index (χ3n) is 5.46. The zero-order chi connectivity index (χ0) is 16.1. The molecule has 124 valence electrons. The van der Waals surface area contributed by atoms with Gasteiger partial charge in [-0.2, -0.15) is 0 Å². The summed E-state index contributed by atoms with van der Waals surface area (Å²) in [5.41, 5.74) is -0.180. The topological polar surface area (TPSA) is 58.6 Å². The molecule has 0 bridgehead atoms. The molecule has 5 heteroatoms. The van der Waals surface area contributed by atoms with Gasteiger partial charge < -0.3 is 15.0 Å². The molecule has 0 radical (unpaired) electrons. The Morgan fingerprint density at radius 3 is 2.77 bits per heavy atom. The summed E-state index contributed by atoms with van der Waals surface area (Å²) in [5.74, 6) is 0.753. The van der Waals surface area contributed by atoms with Gasteiger partial charge in [0.15, 0.2) is 0 Å². The third-order valence-corrected chi connectivity index (χ3v) is 5.46. The van der Waals surface area contributed by atoms with Crippen LogP contribution in [0, 0.1) is 11.3 Å². The molecule has 0 unspecified atom stereocenters. The van der Waals surface area contributed by atoms with Crippen molar-refractivity contribution in [2.75, 3.05) is 6.54 Å². The normalized spacial score (nSPS) is 37.7. The van der Waals surface area contributed by atoms with Crippen molar-refractivity contribution < 1.29 is 14.3 Å². The highest BCUT2D eigenvalue weighted by Crippen LogP contribution is 2.60. The lowest BCUT2D eigenvalue weighted by Gasteiger charge is -2.34. The fourth-order valence-electron chi connectivity index (χ4n) is 4.20. The smallest absolute Gasteiger partial charge is 0.408 e. The van der Waals surface area contributed by atoms with Crippen molar-refractivity contribution in [2.24, 2.45) is 11.3 Å². The molecule has 3 rings (SSSR count). The van der Waals surface area contributed by atoms with Crippen molar-refractivity contribution in [1.29, 1.82) is 0 Å². The number of rotatable bonds is 1. The molecule has 0 aromatic rings. The second kappa shape index (κ2) is 5.14. The monoisotopic (exact) mass is 308 g/mol. The van der Waals surface area contributed by atoms with Gasteiger partial charge in [-0.3, -0.25) is 4.79 Å². The number of nitrogens with zero attached hydrogens (tertiary/aromatic N) is 1. The minimum atomic E-state index is -0.543. The number of nitrogens with one attached hydrogen (secondary N) is 1. The standard InChI is InChI=1S/C17H28N2O3/c1-16(2,3)22-15(21)18-12-7-8-17(4)10-11(17)13-6-5-9-19(13)14(12)20/h11-13H,5-10H2,1-4H3,(H,18,21)/t11-,12-,13+,17-/m0/s1. The van der Waals surface area contributed by atoms with Crippen LogP contribution in [0.5, 0.6) is 0 Å². The molecule has 3 fully saturated rings. The molecular weight excluding hydrogens is 280 g/mol. The molecule has 0 aromatic carbocycles. The van der Waals surface area contributed by atoms with Gasteiger partial charge in [-0.25, -0.2) is 4.79 Å². The fraction of sp³-hybridized carbons (Fsp3) is 0.882. The number of hydrogen-bond donors (Lipinski definition) is 1. The SMILES string of the molecule is CC(C)(C)OC(=O)N[C@H]1CC[C@@]2(C)C[C@H]2[C@H]2CCCN2C1=O. The lowest BCUT2D eigenvalue weighted by atomic mass is 9.90. The molecule has 2 heterocycles. The largest absolute Gasteiger partial charge is 0.444 e. The first-order valence-corrected chi connectivity index (χ1v) is 8.50. The first-order valence-electron chi connectivity index (χ1n) is 8.50. The van der Waals surface area contributed by atoms with Crippen LogP contribution < -0.4 is 5.32 Å². The Bertz CT molecular complexity index is 485. The average molecular weight is 308 g/mol. The van der Waals surface area contributed by atoms with Gasteiger partial charge in [0.25, 0.3) is 0 Å². The van der Waals surface area contributed by atoms with Crippen LogP contribution in [0.2, 0.25) is 0 Å². The molecule has 2 amide bonds. The highest BCUT2D eigenvalue weighted by Gasteiger charge is 2.58. The number of amides is 2. The minimum absolute atomic E-state index is 0.0855. The maximum atomic E-state index is 12.8. The number of carbonyl (C=O) groups is 2. The van der Waals surface area contributed by atoms with Gasteiger partial charge in [-0.1, -0.05) is 6.92 Å². The van der Waals surface area contributed by atoms with Crippen LogP contribution in [0.3, 0.4) is 0 Å². The highest BCUT2D eigenvalue weighted by molar-refractivity contribution is 5.86. The summed E-state index contributed by atoms with van der Waals surface area (Å²) in [6.45, 7) is 8.66. The highest BCUT2D eigenvalue weighted by atomic mass is 16.6. The first-order chi connectivity index (χ1) is 10.2. The number of carbonyl (C=O) groups excluding carboxylic acids is 2. The Balaban J connectivity index is 1.71. The van der Waals surface area contributed by atoms with Gasteiger partial charge >= 0.3 is 6.09 Å². The van der Waals surface area contributed by atoms with Crippen molar-refractivity contribution >= 4 is 12.0 Å². The fourth-order valence-corrected chi connectivity index (χ4v) is 4.20. The van der Waals surface area contributed by atoms with E-state index in [-0.39, 0.29) is 5.91 Å². The molecule has 4 atom stereocenters. The summed E-state index contributed by atoms with van der Waals surface area (Å²) in [7, 11) is 0. The number of ether oxygens (including phenoxy) is 1. The summed E-state index contributed by atoms with van der Waals surface area (Å²) >= 11 is 0. The van der Waals surface area contributed by atoms with Crippen LogP contribution in [0.4, 0.5) is 4.79 Å². The first kappa shape index (κ1) is 15.6. The Labute approximate surface area is 132 Å². The van der Waals surface area contributed by atoms with Crippen LogP contribution >= 0.6 is 0 Å². The third kappa shape index (κ3) is 2.95. The predicted molar refractivity (Wildman–Crippen MR) is 83.3 cm³/mol. The molecule has 2 saturated heterocycles. The minimum Gasteiger partial charge on any atom is -0.444 e. The Hall–Kier alpha value is -1.26. The number of hydrogen-bond acceptors (Lipinski definition) is 3. The second-order valence-corrected chi connectivity index (χ2v) is 8.44. The van der Waals surface area contributed by atoms with E-state index in [2.05, 4.69) is 12.2 Å². The molecule has 1 N–H and O–H groups in total. The van der Waals surface area contributed by atoms with Crippen molar-refractivity contribution in [3.8, 4) is 0 Å². The van der Waals surface area contributed by atoms with Crippen LogP contribution in [0.1, 0.15) is 59.8 Å². The van der Waals surface area contributed by atoms with Crippen LogP contribution in [-0.4, -0.2) is 41.1 Å². The van der Waals surface area contributed by atoms with E-state index in [0.29, 0.717) is 23.8 Å². The lowest BCUT2D eigenvalue weighted by molar-refractivity contribution is -0.135. The molecule has 22 heavy (non-hydrogen) atoms. The molecule has 1 saturated carbocycles. The predicted octanol–water partition coefficient (Wildman–Crippen LogP) is 2.69. The molecular formula is C17H28N2O3. The molecule has 3 aliphatic rings. The van der Waals surface area contributed by atoms with E-state index in [1.165, 1.54) is 6.42 Å². The van der Waals surface area contributed by atoms with Gasteiger partial charge in [0, 0.05) is 12.6 Å². The maximum absolute atomic E-state index is 12.8. The Morgan fingerprint density at radius 2 is 2.09 bits per heavy atom. The van der Waals surface area contributed by atoms with E-state index in [9.17, 15) is 9.59 Å². The molecule has 1 aliphatic carbocycles. The second-order valence-electron chi connectivity index (χ2n) is 8.44. The van der Waals surface area contributed by atoms with E-state index >= 15 is 0 Å². The van der Waals surface area contributed by atoms with E-state index in [1.807, 2.05) is 25.7 Å². The summed E-state index contributed by atoms with van der Waals surface area (Å²) in [4.78, 5) is 26.9. The Kier molecular flexibility index (Phi) is 3.65. The summed E-state index contributed by atoms with van der Waals surface area (Å²) in [5, 5.41) is 2.81. The van der Waals surface area contributed by atoms with E-state index in [0.717, 1.165) is 25.8 Å². The van der Waals surface area contributed by atoms with E-state index in [4.69, 9.17) is 4.74 Å². The van der Waals surface area contributed by atoms with Gasteiger partial charge in [0.1, 0.15) is 11.6 Å². The van der Waals surface area contributed by atoms with Crippen molar-refractivity contribution in [3.63, 3.8) is 0 Å². The van der Waals surface area contributed by atoms with Crippen LogP contribution in [0.15, 0.2) is 0 Å². The summed E-state index contributed by atoms with van der Waals surface area (Å²) < 4.78 is 5.31. The van der Waals surface area contributed by atoms with Crippen molar-refractivity contribution in [2.45, 2.75) is 77.5 Å². The zero-order valence-corrected chi connectivity index (χ0v) is 14.1. The zero-order valence-electron chi connectivity index (χ0n) is 14.1. The maximum Gasteiger partial charge on any atom is 0.408 e. The van der Waals surface area contributed by atoms with Gasteiger partial charge in [-0.15, -0.1) is 0 Å². The quantitative estimate of drug-likeness (QED) is 0.810. The lowest BCUT2D eigenvalue weighted by Crippen LogP contribution is -2.52. The van der Waals surface area contributed by atoms with E-state index < -0.39 is 17.7 Å². The molecule has 0 spiro atoms. The molecule has 0 aromatic heterocycles. The molecule has 5 nitrogen and oxygen atoms in total. The van der Waals surface area contributed by atoms with Gasteiger partial charge in [0.2, 0.25) is 5.91 Å². The number of fused-ring (bicyclic) bond motifs is 3. The van der Waals surface area contributed by atoms with Crippen molar-refractivity contribution in [1.82, 2.24) is 10.2 Å². The summed E-state index contributed by atoms with van der Waals surface area (Å²) in [6.07, 6.45) is 4.66. The molecule has 2 aliphatic heterocycles. The number of alkyl carbamates (subject to hydrolysis) is 1.